The average molecular weight is 293 g/mol. The predicted molar refractivity (Wildman–Crippen MR) is 79.5 cm³/mol. The smallest absolute Gasteiger partial charge is 0.306 e. The SMILES string of the molecule is CCOc1cc(CNC2CCCC(C(=O)O)C2)ccc1O. The minimum atomic E-state index is -0.690. The summed E-state index contributed by atoms with van der Waals surface area (Å²) in [7, 11) is 0. The molecule has 1 fully saturated rings. The first-order valence-electron chi connectivity index (χ1n) is 7.51. The highest BCUT2D eigenvalue weighted by Crippen LogP contribution is 2.28. The van der Waals surface area contributed by atoms with Crippen molar-refractivity contribution in [1.29, 1.82) is 0 Å². The van der Waals surface area contributed by atoms with Crippen LogP contribution in [0.15, 0.2) is 18.2 Å². The number of aromatic hydroxyl groups is 1. The summed E-state index contributed by atoms with van der Waals surface area (Å²) in [6.45, 7) is 3.03. The van der Waals surface area contributed by atoms with Crippen molar-refractivity contribution in [3.63, 3.8) is 0 Å². The fourth-order valence-electron chi connectivity index (χ4n) is 2.80. The van der Waals surface area contributed by atoms with Gasteiger partial charge in [-0.2, -0.15) is 0 Å². The van der Waals surface area contributed by atoms with E-state index >= 15 is 0 Å². The van der Waals surface area contributed by atoms with Gasteiger partial charge >= 0.3 is 5.97 Å². The number of carbonyl (C=O) groups is 1. The minimum absolute atomic E-state index is 0.143. The molecule has 0 heterocycles. The van der Waals surface area contributed by atoms with Crippen LogP contribution in [0.2, 0.25) is 0 Å². The molecule has 0 bridgehead atoms. The number of hydrogen-bond acceptors (Lipinski definition) is 4. The Hall–Kier alpha value is -1.75. The van der Waals surface area contributed by atoms with Crippen molar-refractivity contribution in [3.05, 3.63) is 23.8 Å². The average Bonchev–Trinajstić information content (AvgIpc) is 2.48. The van der Waals surface area contributed by atoms with E-state index in [2.05, 4.69) is 5.32 Å². The summed E-state index contributed by atoms with van der Waals surface area (Å²) in [5.74, 6) is -0.284. The second-order valence-corrected chi connectivity index (χ2v) is 5.51. The van der Waals surface area contributed by atoms with Crippen LogP contribution in [0.5, 0.6) is 11.5 Å². The number of ether oxygens (including phenoxy) is 1. The Bertz CT molecular complexity index is 489. The van der Waals surface area contributed by atoms with Crippen molar-refractivity contribution in [2.45, 2.75) is 45.2 Å². The third-order valence-electron chi connectivity index (χ3n) is 3.94. The van der Waals surface area contributed by atoms with Gasteiger partial charge in [0.25, 0.3) is 0 Å². The summed E-state index contributed by atoms with van der Waals surface area (Å²) in [5, 5.41) is 22.2. The van der Waals surface area contributed by atoms with Gasteiger partial charge in [-0.25, -0.2) is 0 Å². The van der Waals surface area contributed by atoms with Crippen molar-refractivity contribution >= 4 is 5.97 Å². The van der Waals surface area contributed by atoms with Crippen LogP contribution in [0, 0.1) is 5.92 Å². The molecule has 1 aliphatic carbocycles. The second kappa shape index (κ2) is 7.31. The molecule has 2 atom stereocenters. The molecule has 2 rings (SSSR count). The third-order valence-corrected chi connectivity index (χ3v) is 3.94. The van der Waals surface area contributed by atoms with Gasteiger partial charge in [-0.3, -0.25) is 4.79 Å². The van der Waals surface area contributed by atoms with Crippen LogP contribution in [-0.2, 0) is 11.3 Å². The van der Waals surface area contributed by atoms with E-state index in [0.29, 0.717) is 25.3 Å². The van der Waals surface area contributed by atoms with E-state index in [-0.39, 0.29) is 17.7 Å². The van der Waals surface area contributed by atoms with Gasteiger partial charge in [0.05, 0.1) is 12.5 Å². The lowest BCUT2D eigenvalue weighted by Gasteiger charge is -2.27. The normalized spacial score (nSPS) is 22.0. The van der Waals surface area contributed by atoms with E-state index in [1.807, 2.05) is 19.1 Å². The Morgan fingerprint density at radius 2 is 2.24 bits per heavy atom. The van der Waals surface area contributed by atoms with E-state index in [0.717, 1.165) is 24.8 Å². The van der Waals surface area contributed by atoms with Crippen molar-refractivity contribution < 1.29 is 19.7 Å². The predicted octanol–water partition coefficient (Wildman–Crippen LogP) is 2.52. The number of phenols is 1. The Morgan fingerprint density at radius 3 is 2.95 bits per heavy atom. The molecule has 1 saturated carbocycles. The van der Waals surface area contributed by atoms with Crippen molar-refractivity contribution in [2.24, 2.45) is 5.92 Å². The van der Waals surface area contributed by atoms with Crippen LogP contribution in [0.3, 0.4) is 0 Å². The molecule has 0 amide bonds. The van der Waals surface area contributed by atoms with E-state index < -0.39 is 5.97 Å². The fraction of sp³-hybridized carbons (Fsp3) is 0.562. The minimum Gasteiger partial charge on any atom is -0.504 e. The molecule has 0 aliphatic heterocycles. The Balaban J connectivity index is 1.90. The highest BCUT2D eigenvalue weighted by molar-refractivity contribution is 5.70. The largest absolute Gasteiger partial charge is 0.504 e. The van der Waals surface area contributed by atoms with Crippen LogP contribution < -0.4 is 10.1 Å². The lowest BCUT2D eigenvalue weighted by Crippen LogP contribution is -2.36. The van der Waals surface area contributed by atoms with Crippen LogP contribution in [0.1, 0.15) is 38.2 Å². The standard InChI is InChI=1S/C16H23NO4/c1-2-21-15-8-11(6-7-14(15)18)10-17-13-5-3-4-12(9-13)16(19)20/h6-8,12-13,17-18H,2-5,9-10H2,1H3,(H,19,20). The number of aliphatic carboxylic acids is 1. The molecular weight excluding hydrogens is 270 g/mol. The van der Waals surface area contributed by atoms with Gasteiger partial charge in [0.15, 0.2) is 11.5 Å². The summed E-state index contributed by atoms with van der Waals surface area (Å²) in [6, 6.07) is 5.54. The molecule has 21 heavy (non-hydrogen) atoms. The lowest BCUT2D eigenvalue weighted by molar-refractivity contribution is -0.143. The van der Waals surface area contributed by atoms with Crippen LogP contribution in [-0.4, -0.2) is 28.8 Å². The molecule has 3 N–H and O–H groups in total. The number of rotatable bonds is 6. The molecule has 116 valence electrons. The van der Waals surface area contributed by atoms with Gasteiger partial charge in [-0.15, -0.1) is 0 Å². The Morgan fingerprint density at radius 1 is 1.43 bits per heavy atom. The van der Waals surface area contributed by atoms with Crippen molar-refractivity contribution in [3.8, 4) is 11.5 Å². The molecule has 1 aromatic carbocycles. The van der Waals surface area contributed by atoms with Crippen LogP contribution in [0.25, 0.3) is 0 Å². The summed E-state index contributed by atoms with van der Waals surface area (Å²) < 4.78 is 5.36. The van der Waals surface area contributed by atoms with Gasteiger partial charge in [-0.1, -0.05) is 12.5 Å². The number of carboxylic acids is 1. The highest BCUT2D eigenvalue weighted by atomic mass is 16.5. The van der Waals surface area contributed by atoms with Crippen LogP contribution in [0.4, 0.5) is 0 Å². The maximum Gasteiger partial charge on any atom is 0.306 e. The number of carboxylic acid groups (broad SMARTS) is 1. The monoisotopic (exact) mass is 293 g/mol. The molecule has 1 aromatic rings. The second-order valence-electron chi connectivity index (χ2n) is 5.51. The maximum atomic E-state index is 11.1. The van der Waals surface area contributed by atoms with Crippen LogP contribution >= 0.6 is 0 Å². The summed E-state index contributed by atoms with van der Waals surface area (Å²) >= 11 is 0. The number of benzene rings is 1. The Kier molecular flexibility index (Phi) is 5.44. The van der Waals surface area contributed by atoms with Gasteiger partial charge in [0.2, 0.25) is 0 Å². The molecule has 1 aliphatic rings. The first kappa shape index (κ1) is 15.6. The molecule has 0 spiro atoms. The quantitative estimate of drug-likeness (QED) is 0.751. The maximum absolute atomic E-state index is 11.1. The van der Waals surface area contributed by atoms with E-state index in [4.69, 9.17) is 9.84 Å². The first-order chi connectivity index (χ1) is 10.1. The summed E-state index contributed by atoms with van der Waals surface area (Å²) in [4.78, 5) is 11.1. The van der Waals surface area contributed by atoms with Gasteiger partial charge < -0.3 is 20.3 Å². The zero-order valence-corrected chi connectivity index (χ0v) is 12.3. The first-order valence-corrected chi connectivity index (χ1v) is 7.51. The zero-order valence-electron chi connectivity index (χ0n) is 12.3. The fourth-order valence-corrected chi connectivity index (χ4v) is 2.80. The van der Waals surface area contributed by atoms with Crippen molar-refractivity contribution in [2.75, 3.05) is 6.61 Å². The molecule has 2 unspecified atom stereocenters. The van der Waals surface area contributed by atoms with Gasteiger partial charge in [-0.05, 0) is 43.9 Å². The topological polar surface area (TPSA) is 78.8 Å². The van der Waals surface area contributed by atoms with E-state index in [1.165, 1.54) is 0 Å². The number of hydrogen-bond donors (Lipinski definition) is 3. The summed E-state index contributed by atoms with van der Waals surface area (Å²) in [6.07, 6.45) is 3.43. The molecule has 0 radical (unpaired) electrons. The highest BCUT2D eigenvalue weighted by Gasteiger charge is 2.26. The molecular formula is C16H23NO4. The van der Waals surface area contributed by atoms with E-state index in [1.54, 1.807) is 6.07 Å². The number of nitrogens with one attached hydrogen (secondary N) is 1. The molecule has 5 heteroatoms. The molecule has 0 aromatic heterocycles. The van der Waals surface area contributed by atoms with Crippen molar-refractivity contribution in [1.82, 2.24) is 5.32 Å². The lowest BCUT2D eigenvalue weighted by atomic mass is 9.86. The summed E-state index contributed by atoms with van der Waals surface area (Å²) in [5.41, 5.74) is 1.02. The zero-order chi connectivity index (χ0) is 15.2. The Labute approximate surface area is 124 Å². The van der Waals surface area contributed by atoms with Gasteiger partial charge in [0.1, 0.15) is 0 Å². The number of phenolic OH excluding ortho intramolecular Hbond substituents is 1. The van der Waals surface area contributed by atoms with Gasteiger partial charge in [0, 0.05) is 12.6 Å². The molecule has 0 saturated heterocycles. The third kappa shape index (κ3) is 4.36. The van der Waals surface area contributed by atoms with E-state index in [9.17, 15) is 9.90 Å². The molecule has 5 nitrogen and oxygen atoms in total.